The summed E-state index contributed by atoms with van der Waals surface area (Å²) in [6.07, 6.45) is 3.50. The van der Waals surface area contributed by atoms with Gasteiger partial charge >= 0.3 is 0 Å². The van der Waals surface area contributed by atoms with Crippen molar-refractivity contribution in [2.24, 2.45) is 5.92 Å². The summed E-state index contributed by atoms with van der Waals surface area (Å²) in [5, 5.41) is 3.71. The van der Waals surface area contributed by atoms with Crippen LogP contribution in [-0.4, -0.2) is 13.2 Å². The van der Waals surface area contributed by atoms with Crippen LogP contribution in [0.25, 0.3) is 0 Å². The number of benzene rings is 1. The van der Waals surface area contributed by atoms with Crippen molar-refractivity contribution in [1.82, 2.24) is 5.32 Å². The second-order valence-corrected chi connectivity index (χ2v) is 6.04. The molecule has 0 amide bonds. The molecule has 0 aliphatic heterocycles. The molecule has 0 fully saturated rings. The zero-order chi connectivity index (χ0) is 15.0. The molecule has 0 aliphatic carbocycles. The van der Waals surface area contributed by atoms with E-state index in [1.807, 2.05) is 6.92 Å². The van der Waals surface area contributed by atoms with Gasteiger partial charge in [0.1, 0.15) is 5.75 Å². The summed E-state index contributed by atoms with van der Waals surface area (Å²) in [4.78, 5) is 0. The third-order valence-electron chi connectivity index (χ3n) is 3.74. The number of ether oxygens (including phenoxy) is 1. The van der Waals surface area contributed by atoms with E-state index in [0.717, 1.165) is 23.2 Å². The Balaban J connectivity index is 3.12. The van der Waals surface area contributed by atoms with E-state index < -0.39 is 0 Å². The number of nitrogens with one attached hydrogen (secondary N) is 1. The highest BCUT2D eigenvalue weighted by Crippen LogP contribution is 2.35. The maximum atomic E-state index is 5.83. The fraction of sp³-hybridized carbons (Fsp3) is 0.647. The number of rotatable bonds is 9. The standard InChI is InChI=1S/C17H28BrNO/c1-5-11-19-17(13(6-2)7-3)15-12-14(18)9-10-16(15)20-8-4/h9-10,12-13,17,19H,5-8,11H2,1-4H3. The van der Waals surface area contributed by atoms with E-state index in [0.29, 0.717) is 18.6 Å². The average molecular weight is 342 g/mol. The van der Waals surface area contributed by atoms with Gasteiger partial charge in [-0.25, -0.2) is 0 Å². The summed E-state index contributed by atoms with van der Waals surface area (Å²) in [6.45, 7) is 10.5. The lowest BCUT2D eigenvalue weighted by atomic mass is 9.88. The maximum absolute atomic E-state index is 5.83. The third kappa shape index (κ3) is 4.78. The largest absolute Gasteiger partial charge is 0.494 e. The average Bonchev–Trinajstić information content (AvgIpc) is 2.46. The van der Waals surface area contributed by atoms with E-state index in [1.165, 1.54) is 18.4 Å². The zero-order valence-electron chi connectivity index (χ0n) is 13.2. The van der Waals surface area contributed by atoms with Gasteiger partial charge in [-0.3, -0.25) is 0 Å². The molecule has 0 bridgehead atoms. The van der Waals surface area contributed by atoms with Crippen LogP contribution < -0.4 is 10.1 Å². The molecule has 3 heteroatoms. The Hall–Kier alpha value is -0.540. The van der Waals surface area contributed by atoms with Gasteiger partial charge in [0.25, 0.3) is 0 Å². The molecule has 0 saturated heterocycles. The van der Waals surface area contributed by atoms with Crippen LogP contribution in [0.2, 0.25) is 0 Å². The van der Waals surface area contributed by atoms with Crippen molar-refractivity contribution < 1.29 is 4.74 Å². The molecule has 0 aromatic heterocycles. The van der Waals surface area contributed by atoms with Gasteiger partial charge in [0, 0.05) is 16.1 Å². The molecular formula is C17H28BrNO. The highest BCUT2D eigenvalue weighted by molar-refractivity contribution is 9.10. The highest BCUT2D eigenvalue weighted by Gasteiger charge is 2.23. The molecule has 0 saturated carbocycles. The summed E-state index contributed by atoms with van der Waals surface area (Å²) >= 11 is 3.59. The Bertz CT molecular complexity index is 391. The van der Waals surface area contributed by atoms with Gasteiger partial charge in [-0.05, 0) is 44.0 Å². The monoisotopic (exact) mass is 341 g/mol. The van der Waals surface area contributed by atoms with Gasteiger partial charge < -0.3 is 10.1 Å². The number of hydrogen-bond acceptors (Lipinski definition) is 2. The SMILES string of the molecule is CCCNC(c1cc(Br)ccc1OCC)C(CC)CC. The van der Waals surface area contributed by atoms with E-state index in [1.54, 1.807) is 0 Å². The fourth-order valence-corrected chi connectivity index (χ4v) is 3.02. The van der Waals surface area contributed by atoms with Gasteiger partial charge in [-0.15, -0.1) is 0 Å². The van der Waals surface area contributed by atoms with Gasteiger partial charge in [-0.1, -0.05) is 49.5 Å². The molecule has 1 aromatic rings. The Morgan fingerprint density at radius 3 is 2.40 bits per heavy atom. The smallest absolute Gasteiger partial charge is 0.124 e. The van der Waals surface area contributed by atoms with Gasteiger partial charge in [-0.2, -0.15) is 0 Å². The van der Waals surface area contributed by atoms with E-state index in [4.69, 9.17) is 4.74 Å². The van der Waals surface area contributed by atoms with Crippen molar-refractivity contribution in [3.8, 4) is 5.75 Å². The first kappa shape index (κ1) is 17.5. The first-order valence-corrected chi connectivity index (χ1v) is 8.62. The minimum atomic E-state index is 0.365. The first-order valence-electron chi connectivity index (χ1n) is 7.83. The minimum absolute atomic E-state index is 0.365. The molecule has 1 rings (SSSR count). The van der Waals surface area contributed by atoms with Gasteiger partial charge in [0.05, 0.1) is 6.61 Å². The van der Waals surface area contributed by atoms with Gasteiger partial charge in [0.2, 0.25) is 0 Å². The van der Waals surface area contributed by atoms with E-state index in [2.05, 4.69) is 60.2 Å². The van der Waals surface area contributed by atoms with Crippen LogP contribution >= 0.6 is 15.9 Å². The Kier molecular flexibility index (Phi) is 8.24. The van der Waals surface area contributed by atoms with Crippen molar-refractivity contribution in [2.45, 2.75) is 53.0 Å². The summed E-state index contributed by atoms with van der Waals surface area (Å²) < 4.78 is 6.95. The van der Waals surface area contributed by atoms with Crippen LogP contribution in [0.15, 0.2) is 22.7 Å². The molecule has 114 valence electrons. The van der Waals surface area contributed by atoms with Crippen LogP contribution in [-0.2, 0) is 0 Å². The van der Waals surface area contributed by atoms with Crippen molar-refractivity contribution in [3.63, 3.8) is 0 Å². The normalized spacial score (nSPS) is 12.7. The summed E-state index contributed by atoms with van der Waals surface area (Å²) in [5.74, 6) is 1.64. The van der Waals surface area contributed by atoms with Crippen LogP contribution in [0, 0.1) is 5.92 Å². The maximum Gasteiger partial charge on any atom is 0.124 e. The summed E-state index contributed by atoms with van der Waals surface area (Å²) in [6, 6.07) is 6.70. The molecule has 0 heterocycles. The van der Waals surface area contributed by atoms with Gasteiger partial charge in [0.15, 0.2) is 0 Å². The molecule has 1 N–H and O–H groups in total. The third-order valence-corrected chi connectivity index (χ3v) is 4.23. The quantitative estimate of drug-likeness (QED) is 0.655. The first-order chi connectivity index (χ1) is 9.67. The molecular weight excluding hydrogens is 314 g/mol. The highest BCUT2D eigenvalue weighted by atomic mass is 79.9. The minimum Gasteiger partial charge on any atom is -0.494 e. The van der Waals surface area contributed by atoms with Crippen LogP contribution in [0.5, 0.6) is 5.75 Å². The number of hydrogen-bond donors (Lipinski definition) is 1. The lowest BCUT2D eigenvalue weighted by Crippen LogP contribution is -2.29. The molecule has 0 radical (unpaired) electrons. The summed E-state index contributed by atoms with van der Waals surface area (Å²) in [7, 11) is 0. The topological polar surface area (TPSA) is 21.3 Å². The molecule has 1 aromatic carbocycles. The fourth-order valence-electron chi connectivity index (χ4n) is 2.64. The van der Waals surface area contributed by atoms with Crippen molar-refractivity contribution in [1.29, 1.82) is 0 Å². The van der Waals surface area contributed by atoms with E-state index in [9.17, 15) is 0 Å². The van der Waals surface area contributed by atoms with Crippen molar-refractivity contribution >= 4 is 15.9 Å². The van der Waals surface area contributed by atoms with Crippen LogP contribution in [0.4, 0.5) is 0 Å². The molecule has 20 heavy (non-hydrogen) atoms. The lowest BCUT2D eigenvalue weighted by Gasteiger charge is -2.28. The van der Waals surface area contributed by atoms with Crippen LogP contribution in [0.1, 0.15) is 58.6 Å². The molecule has 2 nitrogen and oxygen atoms in total. The predicted octanol–water partition coefficient (Wildman–Crippen LogP) is 5.32. The molecule has 1 atom stereocenters. The lowest BCUT2D eigenvalue weighted by molar-refractivity contribution is 0.304. The zero-order valence-corrected chi connectivity index (χ0v) is 14.8. The second-order valence-electron chi connectivity index (χ2n) is 5.12. The van der Waals surface area contributed by atoms with E-state index >= 15 is 0 Å². The Morgan fingerprint density at radius 1 is 1.15 bits per heavy atom. The Morgan fingerprint density at radius 2 is 1.85 bits per heavy atom. The Labute approximate surface area is 132 Å². The second kappa shape index (κ2) is 9.41. The molecule has 0 spiro atoms. The summed E-state index contributed by atoms with van der Waals surface area (Å²) in [5.41, 5.74) is 1.28. The van der Waals surface area contributed by atoms with Crippen LogP contribution in [0.3, 0.4) is 0 Å². The van der Waals surface area contributed by atoms with E-state index in [-0.39, 0.29) is 0 Å². The predicted molar refractivity (Wildman–Crippen MR) is 90.4 cm³/mol. The number of halogens is 1. The van der Waals surface area contributed by atoms with Crippen molar-refractivity contribution in [2.75, 3.05) is 13.2 Å². The van der Waals surface area contributed by atoms with Crippen molar-refractivity contribution in [3.05, 3.63) is 28.2 Å². The molecule has 0 aliphatic rings. The molecule has 1 unspecified atom stereocenters.